The molecule has 3 amide bonds. The van der Waals surface area contributed by atoms with Crippen LogP contribution in [-0.4, -0.2) is 71.2 Å². The summed E-state index contributed by atoms with van der Waals surface area (Å²) in [6.07, 6.45) is 0.296. The molecular weight excluding hydrogens is 390 g/mol. The highest BCUT2D eigenvalue weighted by molar-refractivity contribution is 5.95. The quantitative estimate of drug-likeness (QED) is 0.766. The van der Waals surface area contributed by atoms with E-state index in [1.165, 1.54) is 0 Å². The minimum atomic E-state index is -0.261. The van der Waals surface area contributed by atoms with Gasteiger partial charge in [-0.05, 0) is 37.1 Å². The molecule has 1 unspecified atom stereocenters. The van der Waals surface area contributed by atoms with E-state index in [0.717, 1.165) is 11.1 Å². The Bertz CT molecular complexity index is 948. The van der Waals surface area contributed by atoms with Crippen molar-refractivity contribution < 1.29 is 14.4 Å². The van der Waals surface area contributed by atoms with Crippen LogP contribution in [0.4, 0.5) is 0 Å². The van der Waals surface area contributed by atoms with Crippen molar-refractivity contribution in [3.63, 3.8) is 0 Å². The van der Waals surface area contributed by atoms with Crippen molar-refractivity contribution in [3.05, 3.63) is 60.2 Å². The van der Waals surface area contributed by atoms with Crippen molar-refractivity contribution >= 4 is 17.7 Å². The Hall–Kier alpha value is -3.15. The van der Waals surface area contributed by atoms with Gasteiger partial charge in [-0.1, -0.05) is 42.5 Å². The van der Waals surface area contributed by atoms with E-state index in [9.17, 15) is 14.4 Å². The van der Waals surface area contributed by atoms with Gasteiger partial charge in [-0.25, -0.2) is 0 Å². The Kier molecular flexibility index (Phi) is 6.07. The largest absolute Gasteiger partial charge is 0.339 e. The molecule has 2 aromatic rings. The van der Waals surface area contributed by atoms with Crippen molar-refractivity contribution in [1.29, 1.82) is 0 Å². The SMILES string of the molecule is CC(C)N1CC(C(=O)N2CCN(C(=O)c3ccc(-c4ccccc4)cc3)CC2)CC1=O. The van der Waals surface area contributed by atoms with Gasteiger partial charge in [0.2, 0.25) is 11.8 Å². The van der Waals surface area contributed by atoms with E-state index < -0.39 is 0 Å². The highest BCUT2D eigenvalue weighted by Crippen LogP contribution is 2.23. The first-order valence-corrected chi connectivity index (χ1v) is 11.0. The summed E-state index contributed by atoms with van der Waals surface area (Å²) >= 11 is 0. The zero-order chi connectivity index (χ0) is 22.0. The van der Waals surface area contributed by atoms with Crippen LogP contribution < -0.4 is 0 Å². The predicted octanol–water partition coefficient (Wildman–Crippen LogP) is 2.89. The fraction of sp³-hybridized carbons (Fsp3) is 0.400. The molecule has 0 saturated carbocycles. The number of rotatable bonds is 4. The number of nitrogens with zero attached hydrogens (tertiary/aromatic N) is 3. The van der Waals surface area contributed by atoms with Crippen LogP contribution in [-0.2, 0) is 9.59 Å². The second kappa shape index (κ2) is 8.92. The number of hydrogen-bond donors (Lipinski definition) is 0. The molecule has 0 N–H and O–H groups in total. The van der Waals surface area contributed by atoms with Crippen LogP contribution in [0.2, 0.25) is 0 Å². The van der Waals surface area contributed by atoms with Crippen molar-refractivity contribution in [2.45, 2.75) is 26.3 Å². The number of amides is 3. The molecular formula is C25H29N3O3. The molecule has 1 atom stereocenters. The summed E-state index contributed by atoms with van der Waals surface area (Å²) in [4.78, 5) is 43.3. The Morgan fingerprint density at radius 1 is 0.839 bits per heavy atom. The van der Waals surface area contributed by atoms with Crippen molar-refractivity contribution in [2.24, 2.45) is 5.92 Å². The average Bonchev–Trinajstić information content (AvgIpc) is 3.21. The maximum atomic E-state index is 12.9. The maximum absolute atomic E-state index is 12.9. The highest BCUT2D eigenvalue weighted by atomic mass is 16.2. The topological polar surface area (TPSA) is 60.9 Å². The van der Waals surface area contributed by atoms with E-state index in [1.54, 1.807) is 4.90 Å². The van der Waals surface area contributed by atoms with E-state index >= 15 is 0 Å². The van der Waals surface area contributed by atoms with Crippen LogP contribution in [0.15, 0.2) is 54.6 Å². The molecule has 162 valence electrons. The minimum absolute atomic E-state index is 0.00580. The number of piperazine rings is 1. The third-order valence-electron chi connectivity index (χ3n) is 6.25. The van der Waals surface area contributed by atoms with Gasteiger partial charge in [-0.15, -0.1) is 0 Å². The second-order valence-electron chi connectivity index (χ2n) is 8.60. The summed E-state index contributed by atoms with van der Waals surface area (Å²) in [6.45, 7) is 6.50. The van der Waals surface area contributed by atoms with Gasteiger partial charge in [0.15, 0.2) is 0 Å². The first-order valence-electron chi connectivity index (χ1n) is 11.0. The summed E-state index contributed by atoms with van der Waals surface area (Å²) in [5, 5.41) is 0. The molecule has 0 aromatic heterocycles. The number of carbonyl (C=O) groups is 3. The molecule has 2 aliphatic rings. The zero-order valence-electron chi connectivity index (χ0n) is 18.2. The molecule has 0 aliphatic carbocycles. The number of benzene rings is 2. The predicted molar refractivity (Wildman–Crippen MR) is 119 cm³/mol. The van der Waals surface area contributed by atoms with Gasteiger partial charge in [0, 0.05) is 50.7 Å². The van der Waals surface area contributed by atoms with E-state index in [-0.39, 0.29) is 29.7 Å². The molecule has 2 aromatic carbocycles. The molecule has 4 rings (SSSR count). The van der Waals surface area contributed by atoms with E-state index in [4.69, 9.17) is 0 Å². The van der Waals surface area contributed by atoms with Gasteiger partial charge in [0.1, 0.15) is 0 Å². The second-order valence-corrected chi connectivity index (χ2v) is 8.60. The lowest BCUT2D eigenvalue weighted by Gasteiger charge is -2.36. The van der Waals surface area contributed by atoms with Gasteiger partial charge in [-0.3, -0.25) is 14.4 Å². The molecule has 31 heavy (non-hydrogen) atoms. The molecule has 6 heteroatoms. The van der Waals surface area contributed by atoms with Crippen molar-refractivity contribution in [3.8, 4) is 11.1 Å². The van der Waals surface area contributed by atoms with Crippen LogP contribution in [0.5, 0.6) is 0 Å². The van der Waals surface area contributed by atoms with Crippen LogP contribution in [0.3, 0.4) is 0 Å². The summed E-state index contributed by atoms with van der Waals surface area (Å²) in [5.74, 6) is -0.173. The fourth-order valence-corrected chi connectivity index (χ4v) is 4.40. The highest BCUT2D eigenvalue weighted by Gasteiger charge is 2.38. The molecule has 0 radical (unpaired) electrons. The van der Waals surface area contributed by atoms with E-state index in [0.29, 0.717) is 44.7 Å². The van der Waals surface area contributed by atoms with Gasteiger partial charge in [0.05, 0.1) is 5.92 Å². The smallest absolute Gasteiger partial charge is 0.253 e. The van der Waals surface area contributed by atoms with E-state index in [1.807, 2.05) is 78.2 Å². The van der Waals surface area contributed by atoms with Crippen LogP contribution in [0.1, 0.15) is 30.6 Å². The Morgan fingerprint density at radius 3 is 2.00 bits per heavy atom. The molecule has 2 fully saturated rings. The standard InChI is InChI=1S/C25H29N3O3/c1-18(2)28-17-22(16-23(28)29)25(31)27-14-12-26(13-15-27)24(30)21-10-8-20(9-11-21)19-6-4-3-5-7-19/h3-11,18,22H,12-17H2,1-2H3. The molecule has 6 nitrogen and oxygen atoms in total. The lowest BCUT2D eigenvalue weighted by Crippen LogP contribution is -2.52. The molecule has 2 heterocycles. The molecule has 2 aliphatic heterocycles. The Balaban J connectivity index is 1.33. The van der Waals surface area contributed by atoms with E-state index in [2.05, 4.69) is 0 Å². The zero-order valence-corrected chi connectivity index (χ0v) is 18.2. The van der Waals surface area contributed by atoms with Crippen molar-refractivity contribution in [2.75, 3.05) is 32.7 Å². The van der Waals surface area contributed by atoms with Gasteiger partial charge in [0.25, 0.3) is 5.91 Å². The monoisotopic (exact) mass is 419 g/mol. The minimum Gasteiger partial charge on any atom is -0.339 e. The number of likely N-dealkylation sites (tertiary alicyclic amines) is 1. The summed E-state index contributed by atoms with van der Waals surface area (Å²) < 4.78 is 0. The first-order chi connectivity index (χ1) is 14.9. The Morgan fingerprint density at radius 2 is 1.42 bits per heavy atom. The van der Waals surface area contributed by atoms with Gasteiger partial charge >= 0.3 is 0 Å². The first kappa shape index (κ1) is 21.1. The van der Waals surface area contributed by atoms with Gasteiger partial charge < -0.3 is 14.7 Å². The van der Waals surface area contributed by atoms with Crippen LogP contribution in [0, 0.1) is 5.92 Å². The fourth-order valence-electron chi connectivity index (χ4n) is 4.40. The third-order valence-corrected chi connectivity index (χ3v) is 6.25. The normalized spacial score (nSPS) is 19.3. The lowest BCUT2D eigenvalue weighted by molar-refractivity contribution is -0.137. The number of carbonyl (C=O) groups excluding carboxylic acids is 3. The lowest BCUT2D eigenvalue weighted by atomic mass is 10.0. The number of hydrogen-bond acceptors (Lipinski definition) is 3. The Labute approximate surface area is 183 Å². The van der Waals surface area contributed by atoms with Crippen LogP contribution in [0.25, 0.3) is 11.1 Å². The molecule has 2 saturated heterocycles. The van der Waals surface area contributed by atoms with Crippen molar-refractivity contribution in [1.82, 2.24) is 14.7 Å². The summed E-state index contributed by atoms with van der Waals surface area (Å²) in [5.41, 5.74) is 2.86. The summed E-state index contributed by atoms with van der Waals surface area (Å²) in [6, 6.07) is 17.9. The molecule has 0 bridgehead atoms. The van der Waals surface area contributed by atoms with Gasteiger partial charge in [-0.2, -0.15) is 0 Å². The van der Waals surface area contributed by atoms with Crippen LogP contribution >= 0.6 is 0 Å². The average molecular weight is 420 g/mol. The molecule has 0 spiro atoms. The third kappa shape index (κ3) is 4.48. The maximum Gasteiger partial charge on any atom is 0.253 e. The summed E-state index contributed by atoms with van der Waals surface area (Å²) in [7, 11) is 0.